The second kappa shape index (κ2) is 7.60. The molecule has 0 radical (unpaired) electrons. The molecule has 0 saturated carbocycles. The molecule has 0 spiro atoms. The van der Waals surface area contributed by atoms with E-state index in [-0.39, 0.29) is 11.4 Å². The molecule has 0 amide bonds. The van der Waals surface area contributed by atoms with Crippen LogP contribution in [0.3, 0.4) is 0 Å². The number of nitriles is 2. The van der Waals surface area contributed by atoms with Gasteiger partial charge in [-0.3, -0.25) is 0 Å². The molecule has 0 atom stereocenters. The Kier molecular flexibility index (Phi) is 5.80. The lowest BCUT2D eigenvalue weighted by molar-refractivity contribution is 0.866. The smallest absolute Gasteiger partial charge is 0.174 e. The summed E-state index contributed by atoms with van der Waals surface area (Å²) in [6.45, 7) is 6.11. The molecule has 0 aliphatic rings. The Labute approximate surface area is 119 Å². The van der Waals surface area contributed by atoms with Crippen LogP contribution >= 0.6 is 0 Å². The second-order valence-corrected chi connectivity index (χ2v) is 4.01. The third kappa shape index (κ3) is 3.86. The third-order valence-corrected chi connectivity index (χ3v) is 2.85. The van der Waals surface area contributed by atoms with Gasteiger partial charge in [0.15, 0.2) is 5.70 Å². The van der Waals surface area contributed by atoms with Gasteiger partial charge in [-0.05, 0) is 31.5 Å². The van der Waals surface area contributed by atoms with E-state index < -0.39 is 0 Å². The fraction of sp³-hybridized carbons (Fsp3) is 0.267. The molecule has 1 aromatic rings. The molecule has 0 aliphatic heterocycles. The van der Waals surface area contributed by atoms with Crippen LogP contribution in [0.15, 0.2) is 40.7 Å². The molecule has 5 nitrogen and oxygen atoms in total. The lowest BCUT2D eigenvalue weighted by atomic mass is 10.2. The van der Waals surface area contributed by atoms with Gasteiger partial charge < -0.3 is 10.6 Å². The first kappa shape index (κ1) is 15.3. The summed E-state index contributed by atoms with van der Waals surface area (Å²) in [6.07, 6.45) is 1.52. The van der Waals surface area contributed by atoms with Gasteiger partial charge in [0.25, 0.3) is 0 Å². The maximum Gasteiger partial charge on any atom is 0.174 e. The molecule has 0 unspecified atom stereocenters. The molecule has 20 heavy (non-hydrogen) atoms. The van der Waals surface area contributed by atoms with Crippen LogP contribution < -0.4 is 10.6 Å². The van der Waals surface area contributed by atoms with E-state index in [1.165, 1.54) is 6.21 Å². The molecule has 0 heterocycles. The third-order valence-electron chi connectivity index (χ3n) is 2.85. The summed E-state index contributed by atoms with van der Waals surface area (Å²) in [7, 11) is 0. The Morgan fingerprint density at radius 2 is 1.80 bits per heavy atom. The minimum Gasteiger partial charge on any atom is -0.388 e. The molecule has 0 aromatic heterocycles. The van der Waals surface area contributed by atoms with Crippen LogP contribution in [0.25, 0.3) is 0 Å². The van der Waals surface area contributed by atoms with Gasteiger partial charge in [-0.25, -0.2) is 4.99 Å². The van der Waals surface area contributed by atoms with Crippen LogP contribution in [-0.2, 0) is 0 Å². The molecular weight excluding hydrogens is 250 g/mol. The molecule has 0 fully saturated rings. The standard InChI is InChI=1S/C15H17N5/c1-3-20(4-2)13-7-5-12(6-8-13)11-19-15(10-17)14(18)9-16/h5-8,11H,3-4,18H2,1-2H3/b15-14+,19-11+. The molecule has 0 saturated heterocycles. The Bertz CT molecular complexity index is 580. The van der Waals surface area contributed by atoms with E-state index in [4.69, 9.17) is 16.3 Å². The number of rotatable bonds is 5. The predicted molar refractivity (Wildman–Crippen MR) is 80.0 cm³/mol. The fourth-order valence-electron chi connectivity index (χ4n) is 1.71. The quantitative estimate of drug-likeness (QED) is 0.654. The lowest BCUT2D eigenvalue weighted by Gasteiger charge is -2.20. The molecule has 2 N–H and O–H groups in total. The highest BCUT2D eigenvalue weighted by molar-refractivity contribution is 5.81. The average molecular weight is 267 g/mol. The Hall–Kier alpha value is -2.79. The van der Waals surface area contributed by atoms with Crippen molar-refractivity contribution in [2.45, 2.75) is 13.8 Å². The van der Waals surface area contributed by atoms with Crippen molar-refractivity contribution < 1.29 is 0 Å². The van der Waals surface area contributed by atoms with Crippen LogP contribution in [0, 0.1) is 22.7 Å². The topological polar surface area (TPSA) is 89.2 Å². The number of benzene rings is 1. The first-order valence-electron chi connectivity index (χ1n) is 6.35. The monoisotopic (exact) mass is 267 g/mol. The number of nitrogens with zero attached hydrogens (tertiary/aromatic N) is 4. The normalized spacial score (nSPS) is 11.6. The van der Waals surface area contributed by atoms with Gasteiger partial charge in [0.05, 0.1) is 0 Å². The minimum absolute atomic E-state index is 0.0691. The molecule has 0 aliphatic carbocycles. The maximum atomic E-state index is 8.83. The zero-order valence-corrected chi connectivity index (χ0v) is 11.7. The summed E-state index contributed by atoms with van der Waals surface area (Å²) in [5.41, 5.74) is 7.11. The van der Waals surface area contributed by atoms with Gasteiger partial charge in [0.2, 0.25) is 0 Å². The maximum absolute atomic E-state index is 8.83. The van der Waals surface area contributed by atoms with Crippen LogP contribution in [0.4, 0.5) is 5.69 Å². The molecule has 1 rings (SSSR count). The first-order chi connectivity index (χ1) is 9.65. The van der Waals surface area contributed by atoms with Crippen molar-refractivity contribution in [3.05, 3.63) is 41.2 Å². The van der Waals surface area contributed by atoms with Crippen molar-refractivity contribution in [1.29, 1.82) is 10.5 Å². The average Bonchev–Trinajstić information content (AvgIpc) is 2.50. The number of nitrogens with two attached hydrogens (primary N) is 1. The SMILES string of the molecule is CCN(CC)c1ccc(/C=N/C(C#N)=C(/N)C#N)cc1. The van der Waals surface area contributed by atoms with E-state index in [1.54, 1.807) is 12.1 Å². The number of aliphatic imine (C=N–C) groups is 1. The molecule has 1 aromatic carbocycles. The molecular formula is C15H17N5. The summed E-state index contributed by atoms with van der Waals surface area (Å²) in [5, 5.41) is 17.4. The number of allylic oxidation sites excluding steroid dienone is 2. The summed E-state index contributed by atoms with van der Waals surface area (Å²) >= 11 is 0. The van der Waals surface area contributed by atoms with E-state index in [0.29, 0.717) is 0 Å². The van der Waals surface area contributed by atoms with E-state index in [2.05, 4.69) is 23.7 Å². The van der Waals surface area contributed by atoms with Gasteiger partial charge in [-0.15, -0.1) is 0 Å². The highest BCUT2D eigenvalue weighted by Gasteiger charge is 2.01. The van der Waals surface area contributed by atoms with Crippen molar-refractivity contribution >= 4 is 11.9 Å². The van der Waals surface area contributed by atoms with Crippen molar-refractivity contribution in [2.24, 2.45) is 10.7 Å². The predicted octanol–water partition coefficient (Wildman–Crippen LogP) is 2.17. The van der Waals surface area contributed by atoms with Gasteiger partial charge in [0, 0.05) is 25.0 Å². The van der Waals surface area contributed by atoms with Crippen LogP contribution in [-0.4, -0.2) is 19.3 Å². The summed E-state index contributed by atoms with van der Waals surface area (Å²) in [6, 6.07) is 11.3. The van der Waals surface area contributed by atoms with Crippen molar-refractivity contribution in [2.75, 3.05) is 18.0 Å². The minimum atomic E-state index is -0.177. The summed E-state index contributed by atoms with van der Waals surface area (Å²) in [4.78, 5) is 6.16. The molecule has 5 heteroatoms. The zero-order valence-electron chi connectivity index (χ0n) is 11.7. The second-order valence-electron chi connectivity index (χ2n) is 4.01. The van der Waals surface area contributed by atoms with Crippen molar-refractivity contribution in [3.8, 4) is 12.1 Å². The highest BCUT2D eigenvalue weighted by Crippen LogP contribution is 2.14. The Morgan fingerprint density at radius 3 is 2.25 bits per heavy atom. The Morgan fingerprint density at radius 1 is 1.20 bits per heavy atom. The van der Waals surface area contributed by atoms with E-state index in [0.717, 1.165) is 24.3 Å². The Balaban J connectivity index is 2.91. The van der Waals surface area contributed by atoms with Crippen molar-refractivity contribution in [1.82, 2.24) is 0 Å². The summed E-state index contributed by atoms with van der Waals surface area (Å²) < 4.78 is 0. The van der Waals surface area contributed by atoms with E-state index in [9.17, 15) is 0 Å². The van der Waals surface area contributed by atoms with Gasteiger partial charge in [0.1, 0.15) is 17.8 Å². The number of hydrogen-bond donors (Lipinski definition) is 1. The van der Waals surface area contributed by atoms with Crippen LogP contribution in [0.2, 0.25) is 0 Å². The van der Waals surface area contributed by atoms with Gasteiger partial charge >= 0.3 is 0 Å². The van der Waals surface area contributed by atoms with Crippen LogP contribution in [0.5, 0.6) is 0 Å². The van der Waals surface area contributed by atoms with Gasteiger partial charge in [-0.2, -0.15) is 10.5 Å². The van der Waals surface area contributed by atoms with Crippen molar-refractivity contribution in [3.63, 3.8) is 0 Å². The first-order valence-corrected chi connectivity index (χ1v) is 6.35. The highest BCUT2D eigenvalue weighted by atomic mass is 15.1. The molecule has 102 valence electrons. The fourth-order valence-corrected chi connectivity index (χ4v) is 1.71. The number of hydrogen-bond acceptors (Lipinski definition) is 5. The summed E-state index contributed by atoms with van der Waals surface area (Å²) in [5.74, 6) is 0. The number of anilines is 1. The van der Waals surface area contributed by atoms with E-state index >= 15 is 0 Å². The lowest BCUT2D eigenvalue weighted by Crippen LogP contribution is -2.21. The molecule has 0 bridgehead atoms. The van der Waals surface area contributed by atoms with E-state index in [1.807, 2.05) is 24.3 Å². The zero-order chi connectivity index (χ0) is 15.0. The largest absolute Gasteiger partial charge is 0.388 e. The van der Waals surface area contributed by atoms with Gasteiger partial charge in [-0.1, -0.05) is 12.1 Å². The van der Waals surface area contributed by atoms with Crippen LogP contribution in [0.1, 0.15) is 19.4 Å².